The fourth-order valence-electron chi connectivity index (χ4n) is 3.95. The van der Waals surface area contributed by atoms with Gasteiger partial charge in [0.1, 0.15) is 23.9 Å². The van der Waals surface area contributed by atoms with E-state index in [0.717, 1.165) is 0 Å². The Hall–Kier alpha value is -3.67. The second-order valence-electron chi connectivity index (χ2n) is 9.30. The van der Waals surface area contributed by atoms with E-state index in [1.165, 1.54) is 17.0 Å². The fourth-order valence-corrected chi connectivity index (χ4v) is 3.95. The summed E-state index contributed by atoms with van der Waals surface area (Å²) < 4.78 is 0. The molecule has 0 spiro atoms. The molecule has 0 radical (unpaired) electrons. The van der Waals surface area contributed by atoms with Gasteiger partial charge >= 0.3 is 5.97 Å². The largest absolute Gasteiger partial charge is 0.508 e. The van der Waals surface area contributed by atoms with Gasteiger partial charge in [-0.15, -0.1) is 0 Å². The predicted molar refractivity (Wildman–Crippen MR) is 129 cm³/mol. The highest BCUT2D eigenvalue weighted by Gasteiger charge is 2.38. The number of amides is 4. The zero-order valence-electron chi connectivity index (χ0n) is 20.5. The monoisotopic (exact) mass is 505 g/mol. The average molecular weight is 506 g/mol. The molecular formula is C24H35N5O7. The maximum atomic E-state index is 13.4. The lowest BCUT2D eigenvalue weighted by Crippen LogP contribution is -2.58. The zero-order valence-corrected chi connectivity index (χ0v) is 20.5. The Morgan fingerprint density at radius 2 is 1.67 bits per heavy atom. The Morgan fingerprint density at radius 3 is 2.22 bits per heavy atom. The van der Waals surface area contributed by atoms with Crippen molar-refractivity contribution in [2.24, 2.45) is 17.4 Å². The number of nitrogens with two attached hydrogens (primary N) is 2. The molecule has 1 fully saturated rings. The molecule has 1 saturated heterocycles. The van der Waals surface area contributed by atoms with Crippen molar-refractivity contribution in [2.75, 3.05) is 6.54 Å². The first-order chi connectivity index (χ1) is 16.9. The van der Waals surface area contributed by atoms with Crippen LogP contribution in [0.4, 0.5) is 0 Å². The molecule has 1 aromatic rings. The summed E-state index contributed by atoms with van der Waals surface area (Å²) in [5.74, 6) is -3.91. The van der Waals surface area contributed by atoms with Crippen LogP contribution in [-0.4, -0.2) is 75.4 Å². The first-order valence-corrected chi connectivity index (χ1v) is 11.9. The molecule has 0 aromatic heterocycles. The van der Waals surface area contributed by atoms with Gasteiger partial charge in [-0.2, -0.15) is 0 Å². The molecule has 1 aromatic carbocycles. The van der Waals surface area contributed by atoms with Gasteiger partial charge in [0.15, 0.2) is 0 Å². The van der Waals surface area contributed by atoms with Crippen LogP contribution in [0.15, 0.2) is 24.3 Å². The minimum absolute atomic E-state index is 0.00961. The summed E-state index contributed by atoms with van der Waals surface area (Å²) in [6.07, 6.45) is 0.506. The maximum absolute atomic E-state index is 13.4. The molecule has 4 unspecified atom stereocenters. The SMILES string of the molecule is CC(C)C(N)C(=O)NC(CCC(N)=O)C(=O)NC(Cc1ccc(O)cc1)C(=O)N1CCCC1C(=O)O. The van der Waals surface area contributed by atoms with E-state index in [1.807, 2.05) is 0 Å². The lowest BCUT2D eigenvalue weighted by Gasteiger charge is -2.29. The third-order valence-electron chi connectivity index (χ3n) is 6.15. The summed E-state index contributed by atoms with van der Waals surface area (Å²) in [6, 6.07) is 1.75. The summed E-state index contributed by atoms with van der Waals surface area (Å²) in [4.78, 5) is 63.3. The van der Waals surface area contributed by atoms with Gasteiger partial charge in [-0.1, -0.05) is 26.0 Å². The molecule has 2 rings (SSSR count). The smallest absolute Gasteiger partial charge is 0.326 e. The van der Waals surface area contributed by atoms with Gasteiger partial charge < -0.3 is 37.2 Å². The number of hydrogen-bond acceptors (Lipinski definition) is 7. The Balaban J connectivity index is 2.29. The number of rotatable bonds is 12. The summed E-state index contributed by atoms with van der Waals surface area (Å²) in [5.41, 5.74) is 11.7. The number of aliphatic carboxylic acids is 1. The van der Waals surface area contributed by atoms with E-state index < -0.39 is 53.8 Å². The topological polar surface area (TPSA) is 205 Å². The van der Waals surface area contributed by atoms with E-state index in [2.05, 4.69) is 10.6 Å². The van der Waals surface area contributed by atoms with Crippen LogP contribution >= 0.6 is 0 Å². The number of likely N-dealkylation sites (tertiary alicyclic amines) is 1. The van der Waals surface area contributed by atoms with E-state index in [1.54, 1.807) is 26.0 Å². The molecule has 0 saturated carbocycles. The standard InChI is InChI=1S/C24H35N5O7/c1-13(2)20(26)22(33)27-16(9-10-19(25)31)21(32)28-17(12-14-5-7-15(30)8-6-14)23(34)29-11-3-4-18(29)24(35)36/h5-8,13,16-18,20,30H,3-4,9-12,26H2,1-2H3,(H2,25,31)(H,27,33)(H,28,32)(H,35,36). The van der Waals surface area contributed by atoms with Gasteiger partial charge in [-0.25, -0.2) is 4.79 Å². The van der Waals surface area contributed by atoms with Crippen molar-refractivity contribution in [1.29, 1.82) is 0 Å². The molecule has 4 atom stereocenters. The third-order valence-corrected chi connectivity index (χ3v) is 6.15. The molecule has 1 aliphatic heterocycles. The molecule has 0 bridgehead atoms. The number of carbonyl (C=O) groups is 5. The number of nitrogens with one attached hydrogen (secondary N) is 2. The van der Waals surface area contributed by atoms with Crippen molar-refractivity contribution in [3.63, 3.8) is 0 Å². The first kappa shape index (κ1) is 28.6. The van der Waals surface area contributed by atoms with Crippen LogP contribution in [0, 0.1) is 5.92 Å². The lowest BCUT2D eigenvalue weighted by molar-refractivity contribution is -0.149. The molecule has 0 aliphatic carbocycles. The Labute approximate surface area is 209 Å². The van der Waals surface area contributed by atoms with E-state index in [-0.39, 0.29) is 37.5 Å². The number of benzene rings is 1. The van der Waals surface area contributed by atoms with E-state index in [9.17, 15) is 34.2 Å². The lowest BCUT2D eigenvalue weighted by atomic mass is 10.0. The molecule has 4 amide bonds. The minimum Gasteiger partial charge on any atom is -0.508 e. The highest BCUT2D eigenvalue weighted by atomic mass is 16.4. The van der Waals surface area contributed by atoms with Crippen molar-refractivity contribution >= 4 is 29.6 Å². The number of aromatic hydroxyl groups is 1. The van der Waals surface area contributed by atoms with E-state index in [0.29, 0.717) is 18.4 Å². The third kappa shape index (κ3) is 7.94. The number of phenols is 1. The van der Waals surface area contributed by atoms with Crippen LogP contribution < -0.4 is 22.1 Å². The normalized spacial score (nSPS) is 17.8. The number of nitrogens with zero attached hydrogens (tertiary/aromatic N) is 1. The van der Waals surface area contributed by atoms with Gasteiger partial charge in [-0.05, 0) is 42.9 Å². The van der Waals surface area contributed by atoms with Crippen LogP contribution in [0.2, 0.25) is 0 Å². The number of carbonyl (C=O) groups excluding carboxylic acids is 4. The minimum atomic E-state index is -1.20. The van der Waals surface area contributed by atoms with Crippen LogP contribution in [0.25, 0.3) is 0 Å². The molecule has 12 heteroatoms. The van der Waals surface area contributed by atoms with Gasteiger partial charge in [0.25, 0.3) is 0 Å². The number of phenolic OH excluding ortho intramolecular Hbond substituents is 1. The van der Waals surface area contributed by atoms with Crippen LogP contribution in [0.3, 0.4) is 0 Å². The van der Waals surface area contributed by atoms with Crippen molar-refractivity contribution in [2.45, 2.75) is 70.1 Å². The van der Waals surface area contributed by atoms with E-state index >= 15 is 0 Å². The molecular weight excluding hydrogens is 470 g/mol. The van der Waals surface area contributed by atoms with Crippen LogP contribution in [0.1, 0.15) is 45.1 Å². The Bertz CT molecular complexity index is 966. The number of hydrogen-bond donors (Lipinski definition) is 6. The Kier molecular flexibility index (Phi) is 10.2. The second kappa shape index (κ2) is 12.9. The fraction of sp³-hybridized carbons (Fsp3) is 0.542. The molecule has 1 heterocycles. The highest BCUT2D eigenvalue weighted by Crippen LogP contribution is 2.20. The molecule has 198 valence electrons. The van der Waals surface area contributed by atoms with Gasteiger partial charge in [-0.3, -0.25) is 19.2 Å². The quantitative estimate of drug-likeness (QED) is 0.212. The number of carboxylic acid groups (broad SMARTS) is 1. The molecule has 36 heavy (non-hydrogen) atoms. The zero-order chi connectivity index (χ0) is 27.0. The summed E-state index contributed by atoms with van der Waals surface area (Å²) >= 11 is 0. The van der Waals surface area contributed by atoms with Gasteiger partial charge in [0, 0.05) is 19.4 Å². The summed E-state index contributed by atoms with van der Waals surface area (Å²) in [5, 5.41) is 24.2. The second-order valence-corrected chi connectivity index (χ2v) is 9.30. The van der Waals surface area contributed by atoms with Crippen molar-refractivity contribution in [1.82, 2.24) is 15.5 Å². The van der Waals surface area contributed by atoms with Crippen LogP contribution in [0.5, 0.6) is 5.75 Å². The van der Waals surface area contributed by atoms with Crippen molar-refractivity contribution in [3.8, 4) is 5.75 Å². The molecule has 8 N–H and O–H groups in total. The van der Waals surface area contributed by atoms with Gasteiger partial charge in [0.2, 0.25) is 23.6 Å². The van der Waals surface area contributed by atoms with Crippen LogP contribution in [-0.2, 0) is 30.4 Å². The highest BCUT2D eigenvalue weighted by molar-refractivity contribution is 5.94. The molecule has 12 nitrogen and oxygen atoms in total. The average Bonchev–Trinajstić information content (AvgIpc) is 3.31. The maximum Gasteiger partial charge on any atom is 0.326 e. The number of carboxylic acids is 1. The summed E-state index contributed by atoms with van der Waals surface area (Å²) in [6.45, 7) is 3.71. The van der Waals surface area contributed by atoms with Crippen molar-refractivity contribution < 1.29 is 34.2 Å². The van der Waals surface area contributed by atoms with Crippen molar-refractivity contribution in [3.05, 3.63) is 29.8 Å². The van der Waals surface area contributed by atoms with E-state index in [4.69, 9.17) is 11.5 Å². The molecule has 1 aliphatic rings. The Morgan fingerprint density at radius 1 is 1.06 bits per heavy atom. The summed E-state index contributed by atoms with van der Waals surface area (Å²) in [7, 11) is 0. The van der Waals surface area contributed by atoms with Gasteiger partial charge in [0.05, 0.1) is 6.04 Å². The number of primary amides is 1. The predicted octanol–water partition coefficient (Wildman–Crippen LogP) is -0.771. The first-order valence-electron chi connectivity index (χ1n) is 11.9.